The van der Waals surface area contributed by atoms with Crippen LogP contribution >= 0.6 is 0 Å². The summed E-state index contributed by atoms with van der Waals surface area (Å²) in [6, 6.07) is 1.73. The first-order chi connectivity index (χ1) is 7.72. The first-order valence-corrected chi connectivity index (χ1v) is 4.99. The zero-order chi connectivity index (χ0) is 11.5. The van der Waals surface area contributed by atoms with Crippen LogP contribution in [-0.4, -0.2) is 43.0 Å². The van der Waals surface area contributed by atoms with Crippen LogP contribution in [0.25, 0.3) is 11.2 Å². The molecule has 2 aromatic heterocycles. The molecule has 2 atom stereocenters. The lowest BCUT2D eigenvalue weighted by atomic mass is 10.1. The Bertz CT molecular complexity index is 471. The summed E-state index contributed by atoms with van der Waals surface area (Å²) in [4.78, 5) is 11.1. The van der Waals surface area contributed by atoms with Crippen molar-refractivity contribution in [1.82, 2.24) is 15.0 Å². The molecule has 0 aliphatic carbocycles. The Kier molecular flexibility index (Phi) is 3.14. The molecule has 0 aliphatic heterocycles. The minimum absolute atomic E-state index is 0.105. The highest BCUT2D eigenvalue weighted by Gasteiger charge is 2.19. The van der Waals surface area contributed by atoms with Gasteiger partial charge in [0.2, 0.25) is 0 Å². The average molecular weight is 223 g/mol. The molecule has 6 heteroatoms. The predicted molar refractivity (Wildman–Crippen MR) is 56.6 cm³/mol. The molecule has 2 heterocycles. The molecule has 16 heavy (non-hydrogen) atoms. The van der Waals surface area contributed by atoms with Gasteiger partial charge in [0.15, 0.2) is 5.65 Å². The Morgan fingerprint density at radius 1 is 1.38 bits per heavy atom. The van der Waals surface area contributed by atoms with Gasteiger partial charge in [-0.1, -0.05) is 0 Å². The van der Waals surface area contributed by atoms with Crippen LogP contribution in [0.15, 0.2) is 18.5 Å². The van der Waals surface area contributed by atoms with E-state index in [0.717, 1.165) is 0 Å². The summed E-state index contributed by atoms with van der Waals surface area (Å²) < 4.78 is 0. The number of aromatic amines is 1. The smallest absolute Gasteiger partial charge is 0.156 e. The molecule has 6 nitrogen and oxygen atoms in total. The number of H-pyrrole nitrogens is 1. The van der Waals surface area contributed by atoms with Gasteiger partial charge in [-0.3, -0.25) is 0 Å². The summed E-state index contributed by atoms with van der Waals surface area (Å²) >= 11 is 0. The van der Waals surface area contributed by atoms with Crippen LogP contribution < -0.4 is 0 Å². The quantitative estimate of drug-likeness (QED) is 0.571. The number of aliphatic hydroxyl groups excluding tert-OH is 3. The van der Waals surface area contributed by atoms with Crippen molar-refractivity contribution in [1.29, 1.82) is 0 Å². The van der Waals surface area contributed by atoms with Crippen molar-refractivity contribution in [2.45, 2.75) is 18.6 Å². The second-order valence-corrected chi connectivity index (χ2v) is 3.53. The third-order valence-corrected chi connectivity index (χ3v) is 2.37. The lowest BCUT2D eigenvalue weighted by molar-refractivity contribution is 0.00190. The second kappa shape index (κ2) is 4.56. The average Bonchev–Trinajstić information content (AvgIpc) is 2.75. The van der Waals surface area contributed by atoms with Gasteiger partial charge in [0, 0.05) is 12.8 Å². The minimum Gasteiger partial charge on any atom is -0.396 e. The molecule has 0 amide bonds. The molecular formula is C10H13N3O3. The maximum Gasteiger partial charge on any atom is 0.156 e. The molecule has 2 unspecified atom stereocenters. The van der Waals surface area contributed by atoms with Crippen molar-refractivity contribution in [3.8, 4) is 0 Å². The number of aromatic nitrogens is 3. The third kappa shape index (κ3) is 2.04. The van der Waals surface area contributed by atoms with Crippen LogP contribution in [-0.2, 0) is 0 Å². The fourth-order valence-corrected chi connectivity index (χ4v) is 1.47. The number of rotatable bonds is 4. The van der Waals surface area contributed by atoms with E-state index in [1.807, 2.05) is 0 Å². The van der Waals surface area contributed by atoms with Gasteiger partial charge in [-0.15, -0.1) is 0 Å². The summed E-state index contributed by atoms with van der Waals surface area (Å²) in [5, 5.41) is 27.9. The van der Waals surface area contributed by atoms with Crippen LogP contribution in [0.5, 0.6) is 0 Å². The van der Waals surface area contributed by atoms with Crippen LogP contribution in [0.3, 0.4) is 0 Å². The normalized spacial score (nSPS) is 15.2. The van der Waals surface area contributed by atoms with E-state index >= 15 is 0 Å². The van der Waals surface area contributed by atoms with Crippen LogP contribution in [0.4, 0.5) is 0 Å². The van der Waals surface area contributed by atoms with E-state index in [-0.39, 0.29) is 13.0 Å². The number of nitrogens with one attached hydrogen (secondary N) is 1. The van der Waals surface area contributed by atoms with E-state index in [0.29, 0.717) is 16.9 Å². The largest absolute Gasteiger partial charge is 0.396 e. The maximum absolute atomic E-state index is 9.74. The summed E-state index contributed by atoms with van der Waals surface area (Å²) in [6.07, 6.45) is 1.05. The highest BCUT2D eigenvalue weighted by atomic mass is 16.3. The summed E-state index contributed by atoms with van der Waals surface area (Å²) in [6.45, 7) is -0.182. The van der Waals surface area contributed by atoms with Gasteiger partial charge in [-0.2, -0.15) is 0 Å². The van der Waals surface area contributed by atoms with Crippen LogP contribution in [0.2, 0.25) is 0 Å². The number of fused-ring (bicyclic) bond motifs is 1. The highest BCUT2D eigenvalue weighted by Crippen LogP contribution is 2.18. The van der Waals surface area contributed by atoms with Gasteiger partial charge in [0.1, 0.15) is 11.6 Å². The van der Waals surface area contributed by atoms with Crippen LogP contribution in [0, 0.1) is 0 Å². The van der Waals surface area contributed by atoms with Crippen molar-refractivity contribution in [3.63, 3.8) is 0 Å². The summed E-state index contributed by atoms with van der Waals surface area (Å²) in [7, 11) is 0. The topological polar surface area (TPSA) is 102 Å². The first-order valence-electron chi connectivity index (χ1n) is 4.99. The van der Waals surface area contributed by atoms with Crippen molar-refractivity contribution in [2.75, 3.05) is 6.61 Å². The highest BCUT2D eigenvalue weighted by molar-refractivity contribution is 5.69. The van der Waals surface area contributed by atoms with E-state index in [4.69, 9.17) is 5.11 Å². The van der Waals surface area contributed by atoms with Crippen LogP contribution in [0.1, 0.15) is 18.2 Å². The van der Waals surface area contributed by atoms with E-state index in [1.54, 1.807) is 12.3 Å². The van der Waals surface area contributed by atoms with Crippen molar-refractivity contribution in [2.24, 2.45) is 0 Å². The molecule has 0 aliphatic rings. The zero-order valence-electron chi connectivity index (χ0n) is 8.54. The summed E-state index contributed by atoms with van der Waals surface area (Å²) in [5.74, 6) is 0. The molecule has 0 spiro atoms. The Hall–Kier alpha value is -1.50. The standard InChI is InChI=1S/C10H13N3O3/c14-4-2-8(15)9(16)7-5-12-10-6(13-7)1-3-11-10/h1,3,5,8-9,14-16H,2,4H2,(H,11,12). The molecule has 0 radical (unpaired) electrons. The number of aliphatic hydroxyl groups is 3. The van der Waals surface area contributed by atoms with E-state index in [2.05, 4.69) is 15.0 Å². The SMILES string of the molecule is OCCC(O)C(O)c1cnc2[nH]ccc2n1. The first kappa shape index (κ1) is 11.0. The minimum atomic E-state index is -1.13. The lowest BCUT2D eigenvalue weighted by Gasteiger charge is -2.15. The van der Waals surface area contributed by atoms with E-state index in [9.17, 15) is 10.2 Å². The summed E-state index contributed by atoms with van der Waals surface area (Å²) in [5.41, 5.74) is 1.56. The van der Waals surface area contributed by atoms with Gasteiger partial charge < -0.3 is 20.3 Å². The second-order valence-electron chi connectivity index (χ2n) is 3.53. The maximum atomic E-state index is 9.74. The Labute approximate surface area is 91.6 Å². The molecule has 0 saturated heterocycles. The number of hydrogen-bond acceptors (Lipinski definition) is 5. The van der Waals surface area contributed by atoms with E-state index < -0.39 is 12.2 Å². The molecule has 0 fully saturated rings. The monoisotopic (exact) mass is 223 g/mol. The molecule has 86 valence electrons. The fourth-order valence-electron chi connectivity index (χ4n) is 1.47. The van der Waals surface area contributed by atoms with Gasteiger partial charge in [-0.05, 0) is 12.5 Å². The molecule has 4 N–H and O–H groups in total. The molecule has 2 aromatic rings. The van der Waals surface area contributed by atoms with E-state index in [1.165, 1.54) is 6.20 Å². The van der Waals surface area contributed by atoms with Crippen molar-refractivity contribution < 1.29 is 15.3 Å². The molecule has 0 bridgehead atoms. The number of nitrogens with zero attached hydrogens (tertiary/aromatic N) is 2. The number of hydrogen-bond donors (Lipinski definition) is 4. The van der Waals surface area contributed by atoms with Gasteiger partial charge in [0.05, 0.1) is 18.0 Å². The van der Waals surface area contributed by atoms with Gasteiger partial charge >= 0.3 is 0 Å². The Balaban J connectivity index is 2.24. The Morgan fingerprint density at radius 2 is 2.19 bits per heavy atom. The van der Waals surface area contributed by atoms with Gasteiger partial charge in [-0.25, -0.2) is 9.97 Å². The molecule has 0 saturated carbocycles. The fraction of sp³-hybridized carbons (Fsp3) is 0.400. The molecule has 0 aromatic carbocycles. The molecule has 2 rings (SSSR count). The van der Waals surface area contributed by atoms with Gasteiger partial charge in [0.25, 0.3) is 0 Å². The third-order valence-electron chi connectivity index (χ3n) is 2.37. The predicted octanol–water partition coefficient (Wildman–Crippen LogP) is -0.265. The van der Waals surface area contributed by atoms with Crippen molar-refractivity contribution in [3.05, 3.63) is 24.2 Å². The Morgan fingerprint density at radius 3 is 2.94 bits per heavy atom. The lowest BCUT2D eigenvalue weighted by Crippen LogP contribution is -2.20. The zero-order valence-corrected chi connectivity index (χ0v) is 8.54. The molecular weight excluding hydrogens is 210 g/mol. The van der Waals surface area contributed by atoms with Crippen molar-refractivity contribution >= 4 is 11.2 Å².